The summed E-state index contributed by atoms with van der Waals surface area (Å²) in [7, 11) is -2.44. The van der Waals surface area contributed by atoms with Crippen molar-refractivity contribution in [3.05, 3.63) is 16.8 Å². The molecule has 0 amide bonds. The summed E-state index contributed by atoms with van der Waals surface area (Å²) in [4.78, 5) is 15.5. The molecule has 14 nitrogen and oxygen atoms in total. The first-order chi connectivity index (χ1) is 14.2. The van der Waals surface area contributed by atoms with E-state index in [0.717, 1.165) is 0 Å². The lowest BCUT2D eigenvalue weighted by Gasteiger charge is -2.35. The van der Waals surface area contributed by atoms with Crippen LogP contribution in [0, 0.1) is 0 Å². The van der Waals surface area contributed by atoms with E-state index in [1.807, 2.05) is 0 Å². The van der Waals surface area contributed by atoms with Gasteiger partial charge in [-0.05, 0) is 26.3 Å². The van der Waals surface area contributed by atoms with Crippen LogP contribution < -0.4 is 10.5 Å². The fourth-order valence-corrected chi connectivity index (χ4v) is 5.26. The number of aromatic nitrogens is 4. The van der Waals surface area contributed by atoms with Crippen LogP contribution in [-0.2, 0) is 22.9 Å². The largest absolute Gasteiger partial charge is 0.479 e. The Labute approximate surface area is 170 Å². The monoisotopic (exact) mass is 440 g/mol. The molecule has 1 unspecified atom stereocenters. The number of phosphoric acid groups is 1. The molecular weight excluding hydrogens is 419 g/mol. The molecule has 0 bridgehead atoms. The van der Waals surface area contributed by atoms with Gasteiger partial charge in [-0.25, -0.2) is 9.55 Å². The van der Waals surface area contributed by atoms with E-state index in [2.05, 4.69) is 25.0 Å². The Bertz CT molecular complexity index is 1070. The average Bonchev–Trinajstić information content (AvgIpc) is 3.19. The molecule has 2 aliphatic heterocycles. The first-order valence-electron chi connectivity index (χ1n) is 9.08. The van der Waals surface area contributed by atoms with E-state index in [0.29, 0.717) is 11.2 Å². The third kappa shape index (κ3) is 3.27. The standard InChI is InChI=1S/C15H21N8O6P/c1-7(2)28-30(24)26-5-8-10(29-30)15(3,21-22-17)13(27-8)23-6-18-9-11(23)19-14(16)20-12(9)25-4/h6-8,10,13H,5H2,1-4H3,(H2,16,19,20)/t8-,10-,13-,15-,30?/m1/s1. The smallest absolute Gasteiger partial charge is 0.475 e. The number of nitrogen functional groups attached to an aromatic ring is 1. The van der Waals surface area contributed by atoms with Gasteiger partial charge in [0.25, 0.3) is 0 Å². The van der Waals surface area contributed by atoms with E-state index in [4.69, 9.17) is 28.8 Å². The highest BCUT2D eigenvalue weighted by molar-refractivity contribution is 7.48. The fourth-order valence-electron chi connectivity index (χ4n) is 3.61. The molecule has 0 saturated carbocycles. The molecule has 0 spiro atoms. The third-order valence-electron chi connectivity index (χ3n) is 4.81. The van der Waals surface area contributed by atoms with Crippen molar-refractivity contribution >= 4 is 24.9 Å². The van der Waals surface area contributed by atoms with Gasteiger partial charge in [-0.1, -0.05) is 5.11 Å². The number of methoxy groups -OCH3 is 1. The second-order valence-corrected chi connectivity index (χ2v) is 8.85. The molecule has 2 fully saturated rings. The molecule has 162 valence electrons. The third-order valence-corrected chi connectivity index (χ3v) is 6.44. The van der Waals surface area contributed by atoms with Crippen LogP contribution in [0.1, 0.15) is 27.0 Å². The van der Waals surface area contributed by atoms with Crippen LogP contribution in [0.15, 0.2) is 11.4 Å². The summed E-state index contributed by atoms with van der Waals surface area (Å²) in [5.41, 5.74) is 14.3. The Morgan fingerprint density at radius 2 is 2.27 bits per heavy atom. The number of anilines is 1. The molecule has 2 aliphatic rings. The van der Waals surface area contributed by atoms with Crippen LogP contribution in [0.5, 0.6) is 5.88 Å². The Hall–Kier alpha value is -2.47. The van der Waals surface area contributed by atoms with E-state index >= 15 is 0 Å². The summed E-state index contributed by atoms with van der Waals surface area (Å²) >= 11 is 0. The summed E-state index contributed by atoms with van der Waals surface area (Å²) in [6.45, 7) is 4.96. The van der Waals surface area contributed by atoms with Crippen molar-refractivity contribution in [1.29, 1.82) is 0 Å². The lowest BCUT2D eigenvalue weighted by atomic mass is 9.93. The number of nitrogens with two attached hydrogens (primary N) is 1. The van der Waals surface area contributed by atoms with Crippen LogP contribution in [0.3, 0.4) is 0 Å². The molecule has 4 rings (SSSR count). The number of rotatable bonds is 5. The van der Waals surface area contributed by atoms with E-state index in [1.165, 1.54) is 13.4 Å². The zero-order valence-electron chi connectivity index (χ0n) is 16.7. The highest BCUT2D eigenvalue weighted by Crippen LogP contribution is 2.60. The van der Waals surface area contributed by atoms with Crippen LogP contribution in [0.25, 0.3) is 21.6 Å². The van der Waals surface area contributed by atoms with Gasteiger partial charge in [0, 0.05) is 4.91 Å². The number of hydrogen-bond donors (Lipinski definition) is 1. The van der Waals surface area contributed by atoms with Gasteiger partial charge in [0.15, 0.2) is 17.4 Å². The van der Waals surface area contributed by atoms with Crippen LogP contribution in [0.2, 0.25) is 0 Å². The van der Waals surface area contributed by atoms with Gasteiger partial charge in [-0.3, -0.25) is 18.1 Å². The normalized spacial score (nSPS) is 33.4. The van der Waals surface area contributed by atoms with Crippen molar-refractivity contribution in [2.75, 3.05) is 19.5 Å². The van der Waals surface area contributed by atoms with Crippen molar-refractivity contribution in [2.24, 2.45) is 5.11 Å². The molecule has 2 aromatic rings. The van der Waals surface area contributed by atoms with Crippen molar-refractivity contribution in [3.63, 3.8) is 0 Å². The maximum Gasteiger partial charge on any atom is 0.475 e. The second-order valence-electron chi connectivity index (χ2n) is 7.28. The topological polar surface area (TPSA) is 182 Å². The van der Waals surface area contributed by atoms with E-state index < -0.39 is 37.9 Å². The molecule has 0 aromatic carbocycles. The van der Waals surface area contributed by atoms with Crippen LogP contribution >= 0.6 is 7.82 Å². The minimum absolute atomic E-state index is 0.0311. The van der Waals surface area contributed by atoms with Gasteiger partial charge in [-0.2, -0.15) is 9.97 Å². The number of imidazole rings is 1. The predicted octanol–water partition coefficient (Wildman–Crippen LogP) is 2.33. The number of phosphoric ester groups is 1. The Balaban J connectivity index is 1.79. The number of ether oxygens (including phenoxy) is 2. The van der Waals surface area contributed by atoms with Crippen molar-refractivity contribution in [1.82, 2.24) is 19.5 Å². The van der Waals surface area contributed by atoms with E-state index in [-0.39, 0.29) is 18.4 Å². The molecule has 2 saturated heterocycles. The predicted molar refractivity (Wildman–Crippen MR) is 102 cm³/mol. The first kappa shape index (κ1) is 20.8. The van der Waals surface area contributed by atoms with Crippen LogP contribution in [-0.4, -0.2) is 57.1 Å². The number of nitrogens with zero attached hydrogens (tertiary/aromatic N) is 7. The molecule has 0 aliphatic carbocycles. The van der Waals surface area contributed by atoms with Gasteiger partial charge < -0.3 is 15.2 Å². The van der Waals surface area contributed by atoms with Crippen molar-refractivity contribution < 1.29 is 27.6 Å². The van der Waals surface area contributed by atoms with E-state index in [9.17, 15) is 10.1 Å². The minimum atomic E-state index is -3.87. The maximum absolute atomic E-state index is 12.9. The van der Waals surface area contributed by atoms with Gasteiger partial charge in [0.2, 0.25) is 11.8 Å². The summed E-state index contributed by atoms with van der Waals surface area (Å²) in [6, 6.07) is 0. The van der Waals surface area contributed by atoms with Crippen molar-refractivity contribution in [3.8, 4) is 5.88 Å². The quantitative estimate of drug-likeness (QED) is 0.313. The zero-order chi connectivity index (χ0) is 21.7. The molecule has 2 N–H and O–H groups in total. The Kier molecular flexibility index (Phi) is 5.09. The van der Waals surface area contributed by atoms with Crippen molar-refractivity contribution in [2.45, 2.75) is 50.8 Å². The summed E-state index contributed by atoms with van der Waals surface area (Å²) < 4.78 is 42.1. The SMILES string of the molecule is COc1nc(N)nc2c1ncn2[C@@H]1O[C@@H]2COP(=O)(OC(C)C)O[C@H]2[C@@]1(C)N=[N+]=[N-]. The molecule has 30 heavy (non-hydrogen) atoms. The van der Waals surface area contributed by atoms with Gasteiger partial charge in [-0.15, -0.1) is 0 Å². The summed E-state index contributed by atoms with van der Waals surface area (Å²) in [6.07, 6.45) is -1.46. The first-order valence-corrected chi connectivity index (χ1v) is 10.5. The number of hydrogen-bond acceptors (Lipinski definition) is 11. The van der Waals surface area contributed by atoms with Gasteiger partial charge in [0.05, 0.1) is 26.1 Å². The molecule has 0 radical (unpaired) electrons. The molecular formula is C15H21N8O6P. The Morgan fingerprint density at radius 1 is 1.50 bits per heavy atom. The molecule has 2 aromatic heterocycles. The summed E-state index contributed by atoms with van der Waals surface area (Å²) in [5, 5.41) is 3.94. The second kappa shape index (κ2) is 7.34. The number of fused-ring (bicyclic) bond motifs is 2. The highest BCUT2D eigenvalue weighted by Gasteiger charge is 2.60. The van der Waals surface area contributed by atoms with Crippen LogP contribution in [0.4, 0.5) is 5.95 Å². The molecule has 4 heterocycles. The highest BCUT2D eigenvalue weighted by atomic mass is 31.2. The lowest BCUT2D eigenvalue weighted by Crippen LogP contribution is -2.46. The summed E-state index contributed by atoms with van der Waals surface area (Å²) in [5.74, 6) is 0.156. The lowest BCUT2D eigenvalue weighted by molar-refractivity contribution is -0.0733. The zero-order valence-corrected chi connectivity index (χ0v) is 17.6. The average molecular weight is 440 g/mol. The number of azide groups is 1. The maximum atomic E-state index is 12.9. The molecule has 15 heteroatoms. The van der Waals surface area contributed by atoms with Gasteiger partial charge >= 0.3 is 7.82 Å². The van der Waals surface area contributed by atoms with Gasteiger partial charge in [0.1, 0.15) is 17.7 Å². The molecule has 5 atom stereocenters. The minimum Gasteiger partial charge on any atom is -0.479 e. The van der Waals surface area contributed by atoms with E-state index in [1.54, 1.807) is 25.3 Å². The Morgan fingerprint density at radius 3 is 2.93 bits per heavy atom. The fraction of sp³-hybridized carbons (Fsp3) is 0.667.